The Morgan fingerprint density at radius 3 is 2.59 bits per heavy atom. The number of rotatable bonds is 9. The van der Waals surface area contributed by atoms with Crippen LogP contribution in [0.3, 0.4) is 0 Å². The van der Waals surface area contributed by atoms with Gasteiger partial charge in [0.1, 0.15) is 0 Å². The molecule has 2 N–H and O–H groups in total. The number of aromatic nitrogens is 3. The second kappa shape index (κ2) is 10.2. The molecule has 0 fully saturated rings. The maximum Gasteiger partial charge on any atom is 0.274 e. The fourth-order valence-electron chi connectivity index (χ4n) is 3.92. The van der Waals surface area contributed by atoms with Gasteiger partial charge in [0.15, 0.2) is 11.4 Å². The van der Waals surface area contributed by atoms with Gasteiger partial charge in [-0.25, -0.2) is 4.68 Å². The Labute approximate surface area is 187 Å². The number of amides is 2. The smallest absolute Gasteiger partial charge is 0.274 e. The summed E-state index contributed by atoms with van der Waals surface area (Å²) in [5.74, 6) is -0.703. The van der Waals surface area contributed by atoms with Crippen molar-refractivity contribution in [3.63, 3.8) is 0 Å². The van der Waals surface area contributed by atoms with E-state index in [-0.39, 0.29) is 29.2 Å². The van der Waals surface area contributed by atoms with Crippen molar-refractivity contribution in [3.8, 4) is 0 Å². The molecule has 8 nitrogen and oxygen atoms in total. The van der Waals surface area contributed by atoms with Gasteiger partial charge in [0, 0.05) is 19.6 Å². The third-order valence-electron chi connectivity index (χ3n) is 5.66. The van der Waals surface area contributed by atoms with Crippen molar-refractivity contribution in [2.45, 2.75) is 32.5 Å². The lowest BCUT2D eigenvalue weighted by atomic mass is 10.0. The summed E-state index contributed by atoms with van der Waals surface area (Å²) in [4.78, 5) is 27.7. The zero-order valence-electron chi connectivity index (χ0n) is 18.2. The predicted molar refractivity (Wildman–Crippen MR) is 121 cm³/mol. The van der Waals surface area contributed by atoms with E-state index in [0.29, 0.717) is 13.1 Å². The quantitative estimate of drug-likeness (QED) is 0.507. The highest BCUT2D eigenvalue weighted by molar-refractivity contribution is 6.05. The summed E-state index contributed by atoms with van der Waals surface area (Å²) in [6.45, 7) is 5.76. The number of benzene rings is 2. The summed E-state index contributed by atoms with van der Waals surface area (Å²) < 4.78 is 1.52. The summed E-state index contributed by atoms with van der Waals surface area (Å²) in [5, 5.41) is 13.9. The lowest BCUT2D eigenvalue weighted by Crippen LogP contribution is -2.40. The molecule has 1 aliphatic heterocycles. The number of nitrogens with one attached hydrogen (secondary N) is 2. The number of fused-ring (bicyclic) bond motifs is 1. The first-order chi connectivity index (χ1) is 15.7. The van der Waals surface area contributed by atoms with Gasteiger partial charge >= 0.3 is 0 Å². The van der Waals surface area contributed by atoms with Crippen LogP contribution in [0, 0.1) is 0 Å². The van der Waals surface area contributed by atoms with Crippen LogP contribution in [0.4, 0.5) is 0 Å². The maximum atomic E-state index is 12.7. The van der Waals surface area contributed by atoms with Crippen molar-refractivity contribution in [2.75, 3.05) is 19.6 Å². The zero-order chi connectivity index (χ0) is 22.3. The van der Waals surface area contributed by atoms with Crippen molar-refractivity contribution in [1.29, 1.82) is 0 Å². The first-order valence-electron chi connectivity index (χ1n) is 11.0. The Bertz CT molecular complexity index is 1050. The van der Waals surface area contributed by atoms with Crippen LogP contribution in [0.25, 0.3) is 0 Å². The normalized spacial score (nSPS) is 15.3. The highest BCUT2D eigenvalue weighted by Gasteiger charge is 2.32. The number of hydrogen-bond acceptors (Lipinski definition) is 5. The van der Waals surface area contributed by atoms with E-state index >= 15 is 0 Å². The molecule has 1 aliphatic rings. The number of nitrogens with zero attached hydrogens (tertiary/aromatic N) is 4. The molecule has 4 rings (SSSR count). The molecule has 166 valence electrons. The first kappa shape index (κ1) is 21.7. The topological polar surface area (TPSA) is 92.2 Å². The molecule has 2 aromatic carbocycles. The van der Waals surface area contributed by atoms with Gasteiger partial charge in [-0.2, -0.15) is 0 Å². The van der Waals surface area contributed by atoms with E-state index in [2.05, 4.69) is 44.9 Å². The van der Waals surface area contributed by atoms with Gasteiger partial charge < -0.3 is 10.6 Å². The molecular weight excluding hydrogens is 404 g/mol. The molecule has 0 saturated heterocycles. The second-order valence-corrected chi connectivity index (χ2v) is 7.87. The molecule has 1 aromatic heterocycles. The molecule has 0 radical (unpaired) electrons. The molecule has 8 heteroatoms. The fraction of sp³-hybridized carbons (Fsp3) is 0.333. The van der Waals surface area contributed by atoms with E-state index in [1.165, 1.54) is 10.2 Å². The molecule has 0 spiro atoms. The Balaban J connectivity index is 1.30. The minimum absolute atomic E-state index is 0.0747. The number of hydrogen-bond donors (Lipinski definition) is 2. The maximum absolute atomic E-state index is 12.7. The van der Waals surface area contributed by atoms with E-state index in [0.717, 1.165) is 31.6 Å². The Morgan fingerprint density at radius 2 is 1.88 bits per heavy atom. The Morgan fingerprint density at radius 1 is 1.16 bits per heavy atom. The largest absolute Gasteiger partial charge is 0.351 e. The molecule has 2 heterocycles. The third-order valence-corrected chi connectivity index (χ3v) is 5.66. The SMILES string of the molecule is CCN(CCCNC(=O)c1nnn2c1C(=O)N[C@@H](c1ccccc1)C2)Cc1ccccc1. The van der Waals surface area contributed by atoms with Gasteiger partial charge in [0.05, 0.1) is 12.6 Å². The minimum atomic E-state index is -0.370. The monoisotopic (exact) mass is 432 g/mol. The highest BCUT2D eigenvalue weighted by Crippen LogP contribution is 2.21. The van der Waals surface area contributed by atoms with Crippen molar-refractivity contribution in [3.05, 3.63) is 83.2 Å². The third kappa shape index (κ3) is 5.03. The summed E-state index contributed by atoms with van der Waals surface area (Å²) in [7, 11) is 0. The first-order valence-corrected chi connectivity index (χ1v) is 11.0. The van der Waals surface area contributed by atoms with Crippen LogP contribution < -0.4 is 10.6 Å². The molecule has 0 saturated carbocycles. The van der Waals surface area contributed by atoms with Gasteiger partial charge in [-0.15, -0.1) is 5.10 Å². The van der Waals surface area contributed by atoms with E-state index in [9.17, 15) is 9.59 Å². The standard InChI is InChI=1S/C24H28N6O2/c1-2-29(16-18-10-5-3-6-11-18)15-9-14-25-23(31)21-22-24(32)26-20(17-30(22)28-27-21)19-12-7-4-8-13-19/h3-8,10-13,20H,2,9,14-17H2,1H3,(H,25,31)(H,26,32)/t20-/m1/s1. The average molecular weight is 433 g/mol. The predicted octanol–water partition coefficient (Wildman–Crippen LogP) is 2.40. The molecular formula is C24H28N6O2. The van der Waals surface area contributed by atoms with Crippen molar-refractivity contribution >= 4 is 11.8 Å². The van der Waals surface area contributed by atoms with Crippen molar-refractivity contribution in [1.82, 2.24) is 30.5 Å². The van der Waals surface area contributed by atoms with Crippen LogP contribution in [0.15, 0.2) is 60.7 Å². The average Bonchev–Trinajstić information content (AvgIpc) is 3.27. The number of carbonyl (C=O) groups is 2. The van der Waals surface area contributed by atoms with Gasteiger partial charge in [-0.3, -0.25) is 14.5 Å². The Hall–Kier alpha value is -3.52. The molecule has 0 aliphatic carbocycles. The van der Waals surface area contributed by atoms with Crippen molar-refractivity contribution < 1.29 is 9.59 Å². The van der Waals surface area contributed by atoms with Crippen LogP contribution in [0.1, 0.15) is 51.5 Å². The number of carbonyl (C=O) groups excluding carboxylic acids is 2. The summed E-state index contributed by atoms with van der Waals surface area (Å²) in [6, 6.07) is 19.8. The minimum Gasteiger partial charge on any atom is -0.351 e. The summed E-state index contributed by atoms with van der Waals surface area (Å²) >= 11 is 0. The van der Waals surface area contributed by atoms with E-state index in [4.69, 9.17) is 0 Å². The van der Waals surface area contributed by atoms with Crippen LogP contribution >= 0.6 is 0 Å². The van der Waals surface area contributed by atoms with Gasteiger partial charge in [0.25, 0.3) is 11.8 Å². The van der Waals surface area contributed by atoms with Crippen molar-refractivity contribution in [2.24, 2.45) is 0 Å². The van der Waals surface area contributed by atoms with E-state index in [1.807, 2.05) is 48.5 Å². The summed E-state index contributed by atoms with van der Waals surface area (Å²) in [6.07, 6.45) is 0.804. The van der Waals surface area contributed by atoms with Crippen LogP contribution in [-0.4, -0.2) is 51.3 Å². The Kier molecular flexibility index (Phi) is 6.91. The van der Waals surface area contributed by atoms with Gasteiger partial charge in [-0.1, -0.05) is 72.8 Å². The molecule has 2 amide bonds. The fourth-order valence-corrected chi connectivity index (χ4v) is 3.92. The molecule has 3 aromatic rings. The molecule has 32 heavy (non-hydrogen) atoms. The van der Waals surface area contributed by atoms with Crippen LogP contribution in [-0.2, 0) is 13.1 Å². The van der Waals surface area contributed by atoms with Gasteiger partial charge in [-0.05, 0) is 24.1 Å². The van der Waals surface area contributed by atoms with E-state index < -0.39 is 0 Å². The highest BCUT2D eigenvalue weighted by atomic mass is 16.2. The van der Waals surface area contributed by atoms with Crippen LogP contribution in [0.2, 0.25) is 0 Å². The molecule has 0 unspecified atom stereocenters. The summed E-state index contributed by atoms with van der Waals surface area (Å²) in [5.41, 5.74) is 2.55. The lowest BCUT2D eigenvalue weighted by molar-refractivity contribution is 0.0876. The zero-order valence-corrected chi connectivity index (χ0v) is 18.2. The molecule has 0 bridgehead atoms. The molecule has 1 atom stereocenters. The lowest BCUT2D eigenvalue weighted by Gasteiger charge is -2.24. The van der Waals surface area contributed by atoms with Crippen LogP contribution in [0.5, 0.6) is 0 Å². The van der Waals surface area contributed by atoms with Gasteiger partial charge in [0.2, 0.25) is 0 Å². The van der Waals surface area contributed by atoms with E-state index in [1.54, 1.807) is 0 Å². The second-order valence-electron chi connectivity index (χ2n) is 7.87.